The molecule has 6 nitrogen and oxygen atoms in total. The van der Waals surface area contributed by atoms with Crippen molar-refractivity contribution >= 4 is 46.0 Å². The van der Waals surface area contributed by atoms with Crippen molar-refractivity contribution in [1.82, 2.24) is 15.1 Å². The Balaban J connectivity index is 1.31. The maximum Gasteiger partial charge on any atom is 0.229 e. The van der Waals surface area contributed by atoms with Crippen molar-refractivity contribution in [3.05, 3.63) is 81.2 Å². The van der Waals surface area contributed by atoms with Gasteiger partial charge in [0.15, 0.2) is 0 Å². The number of thiophene rings is 1. The fraction of sp³-hybridized carbons (Fsp3) is 0.286. The van der Waals surface area contributed by atoms with Crippen molar-refractivity contribution in [2.24, 2.45) is 0 Å². The number of aryl methyl sites for hydroxylation is 1. The quantitative estimate of drug-likeness (QED) is 0.334. The normalized spacial score (nSPS) is 16.8. The van der Waals surface area contributed by atoms with Crippen molar-refractivity contribution in [3.63, 3.8) is 0 Å². The molecule has 1 aliphatic rings. The molecule has 0 unspecified atom stereocenters. The van der Waals surface area contributed by atoms with E-state index in [1.165, 1.54) is 5.56 Å². The highest BCUT2D eigenvalue weighted by Crippen LogP contribution is 2.26. The molecule has 0 saturated carbocycles. The minimum absolute atomic E-state index is 0.0199. The van der Waals surface area contributed by atoms with Gasteiger partial charge in [0.1, 0.15) is 0 Å². The largest absolute Gasteiger partial charge is 0.392 e. The Morgan fingerprint density at radius 1 is 1.26 bits per heavy atom. The third-order valence-corrected chi connectivity index (χ3v) is 7.27. The van der Waals surface area contributed by atoms with Gasteiger partial charge in [-0.05, 0) is 72.7 Å². The molecular formula is C28H30N4O2S. The molecule has 5 rings (SSSR count). The van der Waals surface area contributed by atoms with E-state index in [1.54, 1.807) is 11.3 Å². The van der Waals surface area contributed by atoms with Crippen LogP contribution in [-0.2, 0) is 17.8 Å². The number of rotatable bonds is 7. The molecule has 3 N–H and O–H groups in total. The first-order valence-electron chi connectivity index (χ1n) is 12.0. The average Bonchev–Trinajstić information content (AvgIpc) is 3.48. The zero-order valence-electron chi connectivity index (χ0n) is 19.8. The van der Waals surface area contributed by atoms with E-state index < -0.39 is 0 Å². The van der Waals surface area contributed by atoms with E-state index in [2.05, 4.69) is 50.8 Å². The number of anilines is 1. The highest BCUT2D eigenvalue weighted by Gasteiger charge is 2.17. The lowest BCUT2D eigenvalue weighted by atomic mass is 10.1. The van der Waals surface area contributed by atoms with Crippen molar-refractivity contribution in [2.45, 2.75) is 38.8 Å². The second kappa shape index (κ2) is 10.6. The number of piperidine rings is 1. The van der Waals surface area contributed by atoms with Crippen LogP contribution in [-0.4, -0.2) is 45.3 Å². The number of nitrogens with one attached hydrogen (secondary N) is 2. The number of hydrogen-bond acceptors (Lipinski definition) is 5. The number of likely N-dealkylation sites (tertiary alicyclic amines) is 1. The van der Waals surface area contributed by atoms with Crippen molar-refractivity contribution in [1.29, 1.82) is 0 Å². The third-order valence-electron chi connectivity index (χ3n) is 6.40. The predicted octanol–water partition coefficient (Wildman–Crippen LogP) is 5.24. The van der Waals surface area contributed by atoms with Gasteiger partial charge in [-0.3, -0.25) is 14.8 Å². The van der Waals surface area contributed by atoms with Gasteiger partial charge in [0.2, 0.25) is 5.91 Å². The number of aromatic nitrogens is 2. The van der Waals surface area contributed by atoms with E-state index in [0.29, 0.717) is 6.42 Å². The maximum atomic E-state index is 12.5. The first-order chi connectivity index (χ1) is 17.0. The van der Waals surface area contributed by atoms with Gasteiger partial charge >= 0.3 is 0 Å². The first-order valence-corrected chi connectivity index (χ1v) is 12.9. The number of aromatic amines is 1. The number of fused-ring (bicyclic) bond motifs is 1. The topological polar surface area (TPSA) is 81.2 Å². The molecule has 2 aromatic heterocycles. The lowest BCUT2D eigenvalue weighted by Gasteiger charge is -2.30. The molecule has 0 aliphatic carbocycles. The number of H-pyrrole nitrogens is 1. The summed E-state index contributed by atoms with van der Waals surface area (Å²) in [5.41, 5.74) is 5.91. The number of carbonyl (C=O) groups is 1. The summed E-state index contributed by atoms with van der Waals surface area (Å²) >= 11 is 1.59. The van der Waals surface area contributed by atoms with Crippen molar-refractivity contribution in [3.8, 4) is 0 Å². The fourth-order valence-corrected chi connectivity index (χ4v) is 5.33. The van der Waals surface area contributed by atoms with E-state index in [-0.39, 0.29) is 12.0 Å². The Kier molecular flexibility index (Phi) is 7.08. The van der Waals surface area contributed by atoms with E-state index in [9.17, 15) is 9.90 Å². The van der Waals surface area contributed by atoms with Crippen LogP contribution in [0.15, 0.2) is 53.9 Å². The van der Waals surface area contributed by atoms with Crippen molar-refractivity contribution < 1.29 is 9.90 Å². The third kappa shape index (κ3) is 5.88. The van der Waals surface area contributed by atoms with Crippen LogP contribution in [0.4, 0.5) is 5.69 Å². The monoisotopic (exact) mass is 486 g/mol. The number of carbonyl (C=O) groups excluding carboxylic acids is 1. The summed E-state index contributed by atoms with van der Waals surface area (Å²) in [6.45, 7) is 4.61. The Morgan fingerprint density at radius 2 is 2.17 bits per heavy atom. The summed E-state index contributed by atoms with van der Waals surface area (Å²) in [7, 11) is 0. The van der Waals surface area contributed by atoms with Gasteiger partial charge in [-0.2, -0.15) is 5.10 Å². The summed E-state index contributed by atoms with van der Waals surface area (Å²) in [5.74, 6) is -0.0199. The Morgan fingerprint density at radius 3 is 3.00 bits per heavy atom. The van der Waals surface area contributed by atoms with Gasteiger partial charge in [0.25, 0.3) is 0 Å². The summed E-state index contributed by atoms with van der Waals surface area (Å²) in [4.78, 5) is 15.9. The number of benzene rings is 2. The summed E-state index contributed by atoms with van der Waals surface area (Å²) in [6, 6.07) is 16.4. The molecule has 1 fully saturated rings. The van der Waals surface area contributed by atoms with E-state index >= 15 is 0 Å². The molecule has 180 valence electrons. The smallest absolute Gasteiger partial charge is 0.229 e. The minimum atomic E-state index is -0.214. The zero-order chi connectivity index (χ0) is 24.2. The van der Waals surface area contributed by atoms with Gasteiger partial charge in [-0.1, -0.05) is 36.4 Å². The first kappa shape index (κ1) is 23.5. The number of aliphatic hydroxyl groups is 1. The number of amides is 1. The lowest BCUT2D eigenvalue weighted by molar-refractivity contribution is -0.115. The minimum Gasteiger partial charge on any atom is -0.392 e. The van der Waals surface area contributed by atoms with Gasteiger partial charge in [0, 0.05) is 29.0 Å². The van der Waals surface area contributed by atoms with Crippen LogP contribution in [0.1, 0.15) is 40.1 Å². The summed E-state index contributed by atoms with van der Waals surface area (Å²) in [6.07, 6.45) is 6.18. The Bertz CT molecular complexity index is 1340. The van der Waals surface area contributed by atoms with Crippen LogP contribution >= 0.6 is 11.3 Å². The van der Waals surface area contributed by atoms with Crippen LogP contribution in [0.25, 0.3) is 23.1 Å². The number of nitrogens with zero attached hydrogens (tertiary/aromatic N) is 2. The summed E-state index contributed by atoms with van der Waals surface area (Å²) in [5, 5.41) is 23.6. The highest BCUT2D eigenvalue weighted by molar-refractivity contribution is 7.10. The molecule has 3 heterocycles. The molecule has 1 saturated heterocycles. The van der Waals surface area contributed by atoms with Crippen molar-refractivity contribution in [2.75, 3.05) is 18.4 Å². The van der Waals surface area contributed by atoms with Gasteiger partial charge < -0.3 is 10.4 Å². The average molecular weight is 487 g/mol. The molecule has 0 radical (unpaired) electrons. The second-order valence-corrected chi connectivity index (χ2v) is 10.3. The van der Waals surface area contributed by atoms with E-state index in [1.807, 2.05) is 42.6 Å². The predicted molar refractivity (Wildman–Crippen MR) is 143 cm³/mol. The Hall–Kier alpha value is -3.26. The molecule has 1 atom stereocenters. The molecule has 0 bridgehead atoms. The molecule has 7 heteroatoms. The lowest BCUT2D eigenvalue weighted by Crippen LogP contribution is -2.37. The standard InChI is InChI=1S/C28H30N4O2S/c1-19-13-27-24(16-26(19)29-28(34)15-23-8-4-12-35-23)25(30-31-27)10-9-20-5-2-6-21(14-20)17-32-11-3-7-22(33)18-32/h2,4-6,8-10,12-14,16,22,33H,3,7,11,15,17-18H2,1H3,(H,29,34)(H,30,31)/b10-9+/t22-/m0/s1. The molecule has 4 aromatic rings. The molecular weight excluding hydrogens is 456 g/mol. The number of hydrogen-bond donors (Lipinski definition) is 3. The Labute approximate surface area is 209 Å². The van der Waals surface area contributed by atoms with Crippen LogP contribution in [0.5, 0.6) is 0 Å². The van der Waals surface area contributed by atoms with E-state index in [4.69, 9.17) is 0 Å². The van der Waals surface area contributed by atoms with Gasteiger partial charge in [-0.25, -0.2) is 0 Å². The van der Waals surface area contributed by atoms with Gasteiger partial charge in [0.05, 0.1) is 23.7 Å². The van der Waals surface area contributed by atoms with Crippen LogP contribution in [0.2, 0.25) is 0 Å². The molecule has 1 aliphatic heterocycles. The van der Waals surface area contributed by atoms with Crippen LogP contribution in [0.3, 0.4) is 0 Å². The second-order valence-electron chi connectivity index (χ2n) is 9.24. The van der Waals surface area contributed by atoms with E-state index in [0.717, 1.165) is 70.8 Å². The molecule has 0 spiro atoms. The molecule has 1 amide bonds. The SMILES string of the molecule is Cc1cc2[nH]nc(/C=C/c3cccc(CN4CCC[C@H](O)C4)c3)c2cc1NC(=O)Cc1cccs1. The molecule has 2 aromatic carbocycles. The number of β-amino-alcohol motifs (C(OH)–C–C–N with tert-alkyl or cyclic N) is 1. The highest BCUT2D eigenvalue weighted by atomic mass is 32.1. The maximum absolute atomic E-state index is 12.5. The van der Waals surface area contributed by atoms with Crippen LogP contribution < -0.4 is 5.32 Å². The zero-order valence-corrected chi connectivity index (χ0v) is 20.6. The summed E-state index contributed by atoms with van der Waals surface area (Å²) < 4.78 is 0. The van der Waals surface area contributed by atoms with Crippen LogP contribution in [0, 0.1) is 6.92 Å². The fourth-order valence-electron chi connectivity index (χ4n) is 4.62. The molecule has 35 heavy (non-hydrogen) atoms. The van der Waals surface area contributed by atoms with Gasteiger partial charge in [-0.15, -0.1) is 11.3 Å². The number of aliphatic hydroxyl groups excluding tert-OH is 1.